The number of nitrogens with two attached hydrogens (primary N) is 1. The van der Waals surface area contributed by atoms with Crippen molar-refractivity contribution in [2.24, 2.45) is 10.9 Å². The topological polar surface area (TPSA) is 70.6 Å². The van der Waals surface area contributed by atoms with Gasteiger partial charge in [0.15, 0.2) is 5.84 Å². The van der Waals surface area contributed by atoms with Crippen LogP contribution in [0.4, 0.5) is 0 Å². The Labute approximate surface area is 53.7 Å². The maximum Gasteiger partial charge on any atom is 0.156 e. The summed E-state index contributed by atoms with van der Waals surface area (Å²) in [6.07, 6.45) is 2.09. The van der Waals surface area contributed by atoms with E-state index in [4.69, 9.17) is 10.9 Å². The van der Waals surface area contributed by atoms with Crippen LogP contribution in [-0.4, -0.2) is 23.6 Å². The van der Waals surface area contributed by atoms with E-state index in [-0.39, 0.29) is 6.04 Å². The van der Waals surface area contributed by atoms with Crippen LogP contribution in [0.2, 0.25) is 0 Å². The first kappa shape index (κ1) is 6.35. The van der Waals surface area contributed by atoms with E-state index in [1.54, 1.807) is 0 Å². The lowest BCUT2D eigenvalue weighted by Crippen LogP contribution is -2.36. The van der Waals surface area contributed by atoms with Crippen molar-refractivity contribution in [1.29, 1.82) is 0 Å². The lowest BCUT2D eigenvalue weighted by Gasteiger charge is -2.05. The Morgan fingerprint density at radius 3 is 3.00 bits per heavy atom. The zero-order valence-corrected chi connectivity index (χ0v) is 5.17. The standard InChI is InChI=1S/C5H11N3O/c6-5(8-9)4-2-1-3-7-4/h4,7,9H,1-3H2,(H2,6,8). The molecular formula is C5H11N3O. The van der Waals surface area contributed by atoms with E-state index in [0.717, 1.165) is 19.4 Å². The normalized spacial score (nSPS) is 28.9. The fourth-order valence-electron chi connectivity index (χ4n) is 1.01. The van der Waals surface area contributed by atoms with Gasteiger partial charge in [-0.2, -0.15) is 0 Å². The minimum atomic E-state index is 0.106. The molecule has 1 unspecified atom stereocenters. The Morgan fingerprint density at radius 1 is 1.78 bits per heavy atom. The first-order valence-corrected chi connectivity index (χ1v) is 3.05. The second-order valence-corrected chi connectivity index (χ2v) is 2.17. The van der Waals surface area contributed by atoms with Crippen LogP contribution in [0.15, 0.2) is 5.16 Å². The Balaban J connectivity index is 2.42. The van der Waals surface area contributed by atoms with Gasteiger partial charge < -0.3 is 16.3 Å². The van der Waals surface area contributed by atoms with Crippen LogP contribution in [-0.2, 0) is 0 Å². The third-order valence-corrected chi connectivity index (χ3v) is 1.53. The van der Waals surface area contributed by atoms with E-state index >= 15 is 0 Å². The van der Waals surface area contributed by atoms with Gasteiger partial charge in [0, 0.05) is 0 Å². The largest absolute Gasteiger partial charge is 0.409 e. The summed E-state index contributed by atoms with van der Waals surface area (Å²) in [6, 6.07) is 0.106. The maximum absolute atomic E-state index is 8.22. The van der Waals surface area contributed by atoms with Crippen molar-refractivity contribution in [2.45, 2.75) is 18.9 Å². The van der Waals surface area contributed by atoms with Gasteiger partial charge in [0.1, 0.15) is 0 Å². The summed E-state index contributed by atoms with van der Waals surface area (Å²) in [5.41, 5.74) is 5.32. The summed E-state index contributed by atoms with van der Waals surface area (Å²) in [5.74, 6) is 0.299. The van der Waals surface area contributed by atoms with Crippen molar-refractivity contribution >= 4 is 5.84 Å². The van der Waals surface area contributed by atoms with Crippen molar-refractivity contribution in [2.75, 3.05) is 6.54 Å². The molecule has 0 aromatic carbocycles. The van der Waals surface area contributed by atoms with E-state index in [0.29, 0.717) is 5.84 Å². The molecule has 1 heterocycles. The van der Waals surface area contributed by atoms with Gasteiger partial charge >= 0.3 is 0 Å². The van der Waals surface area contributed by atoms with Crippen molar-refractivity contribution in [3.63, 3.8) is 0 Å². The molecule has 9 heavy (non-hydrogen) atoms. The fraction of sp³-hybridized carbons (Fsp3) is 0.800. The van der Waals surface area contributed by atoms with Crippen molar-refractivity contribution in [3.05, 3.63) is 0 Å². The summed E-state index contributed by atoms with van der Waals surface area (Å²) < 4.78 is 0. The van der Waals surface area contributed by atoms with E-state index < -0.39 is 0 Å². The van der Waals surface area contributed by atoms with Crippen LogP contribution in [0.3, 0.4) is 0 Å². The molecule has 4 nitrogen and oxygen atoms in total. The molecule has 0 aromatic heterocycles. The van der Waals surface area contributed by atoms with Gasteiger partial charge in [-0.25, -0.2) is 0 Å². The second kappa shape index (κ2) is 2.68. The van der Waals surface area contributed by atoms with Gasteiger partial charge in [0.2, 0.25) is 0 Å². The smallest absolute Gasteiger partial charge is 0.156 e. The maximum atomic E-state index is 8.22. The lowest BCUT2D eigenvalue weighted by atomic mass is 10.2. The Bertz CT molecular complexity index is 117. The number of amidine groups is 1. The van der Waals surface area contributed by atoms with Crippen LogP contribution in [0, 0.1) is 0 Å². The van der Waals surface area contributed by atoms with Crippen molar-refractivity contribution in [1.82, 2.24) is 5.32 Å². The molecule has 1 fully saturated rings. The first-order chi connectivity index (χ1) is 4.34. The zero-order valence-electron chi connectivity index (χ0n) is 5.17. The zero-order chi connectivity index (χ0) is 6.69. The highest BCUT2D eigenvalue weighted by atomic mass is 16.4. The Morgan fingerprint density at radius 2 is 2.56 bits per heavy atom. The molecule has 52 valence electrons. The molecule has 0 saturated carbocycles. The molecule has 1 rings (SSSR count). The van der Waals surface area contributed by atoms with Crippen LogP contribution in [0.5, 0.6) is 0 Å². The molecule has 0 bridgehead atoms. The van der Waals surface area contributed by atoms with Gasteiger partial charge in [-0.3, -0.25) is 0 Å². The van der Waals surface area contributed by atoms with Crippen LogP contribution >= 0.6 is 0 Å². The summed E-state index contributed by atoms with van der Waals surface area (Å²) in [6.45, 7) is 0.973. The first-order valence-electron chi connectivity index (χ1n) is 3.05. The molecule has 0 spiro atoms. The molecule has 0 radical (unpaired) electrons. The summed E-state index contributed by atoms with van der Waals surface area (Å²) in [4.78, 5) is 0. The minimum absolute atomic E-state index is 0.106. The number of oxime groups is 1. The van der Waals surface area contributed by atoms with Gasteiger partial charge in [-0.05, 0) is 19.4 Å². The van der Waals surface area contributed by atoms with E-state index in [1.165, 1.54) is 0 Å². The minimum Gasteiger partial charge on any atom is -0.409 e. The lowest BCUT2D eigenvalue weighted by molar-refractivity contribution is 0.315. The summed E-state index contributed by atoms with van der Waals surface area (Å²) >= 11 is 0. The number of nitrogens with zero attached hydrogens (tertiary/aromatic N) is 1. The molecule has 1 aliphatic heterocycles. The highest BCUT2D eigenvalue weighted by Gasteiger charge is 2.17. The molecular weight excluding hydrogens is 118 g/mol. The van der Waals surface area contributed by atoms with Gasteiger partial charge in [0.25, 0.3) is 0 Å². The average Bonchev–Trinajstić information content (AvgIpc) is 2.37. The van der Waals surface area contributed by atoms with Gasteiger partial charge in [-0.15, -0.1) is 0 Å². The van der Waals surface area contributed by atoms with E-state index in [1.807, 2.05) is 0 Å². The van der Waals surface area contributed by atoms with Crippen LogP contribution < -0.4 is 11.1 Å². The van der Waals surface area contributed by atoms with Crippen LogP contribution in [0.25, 0.3) is 0 Å². The molecule has 4 heteroatoms. The average molecular weight is 129 g/mol. The van der Waals surface area contributed by atoms with Gasteiger partial charge in [-0.1, -0.05) is 5.16 Å². The number of rotatable bonds is 1. The quantitative estimate of drug-likeness (QED) is 0.193. The molecule has 1 saturated heterocycles. The Hall–Kier alpha value is -0.770. The summed E-state index contributed by atoms with van der Waals surface area (Å²) in [7, 11) is 0. The SMILES string of the molecule is N/C(=N/O)C1CCCN1. The number of hydrogen-bond acceptors (Lipinski definition) is 3. The fourth-order valence-corrected chi connectivity index (χ4v) is 1.01. The third kappa shape index (κ3) is 1.32. The number of hydrogen-bond donors (Lipinski definition) is 3. The number of nitrogens with one attached hydrogen (secondary N) is 1. The second-order valence-electron chi connectivity index (χ2n) is 2.17. The predicted octanol–water partition coefficient (Wildman–Crippen LogP) is -0.515. The van der Waals surface area contributed by atoms with Crippen molar-refractivity contribution < 1.29 is 5.21 Å². The molecule has 0 aromatic rings. The predicted molar refractivity (Wildman–Crippen MR) is 34.4 cm³/mol. The molecule has 0 amide bonds. The molecule has 1 atom stereocenters. The monoisotopic (exact) mass is 129 g/mol. The molecule has 4 N–H and O–H groups in total. The molecule has 1 aliphatic rings. The van der Waals surface area contributed by atoms with Crippen LogP contribution in [0.1, 0.15) is 12.8 Å². The third-order valence-electron chi connectivity index (χ3n) is 1.53. The van der Waals surface area contributed by atoms with Crippen molar-refractivity contribution in [3.8, 4) is 0 Å². The van der Waals surface area contributed by atoms with E-state index in [2.05, 4.69) is 10.5 Å². The van der Waals surface area contributed by atoms with E-state index in [9.17, 15) is 0 Å². The van der Waals surface area contributed by atoms with Gasteiger partial charge in [0.05, 0.1) is 6.04 Å². The Kier molecular flexibility index (Phi) is 1.89. The summed E-state index contributed by atoms with van der Waals surface area (Å²) in [5, 5.41) is 14.2. The molecule has 0 aliphatic carbocycles. The highest BCUT2D eigenvalue weighted by Crippen LogP contribution is 2.03. The highest BCUT2D eigenvalue weighted by molar-refractivity contribution is 5.85.